The summed E-state index contributed by atoms with van der Waals surface area (Å²) >= 11 is 0. The molecule has 1 unspecified atom stereocenters. The molecule has 0 heterocycles. The van der Waals surface area contributed by atoms with Gasteiger partial charge in [-0.3, -0.25) is 0 Å². The minimum Gasteiger partial charge on any atom is -0.458 e. The van der Waals surface area contributed by atoms with Crippen molar-refractivity contribution in [2.24, 2.45) is 0 Å². The molecule has 1 atom stereocenters. The summed E-state index contributed by atoms with van der Waals surface area (Å²) in [5, 5.41) is 0. The highest BCUT2D eigenvalue weighted by molar-refractivity contribution is 5.78. The lowest BCUT2D eigenvalue weighted by atomic mass is 10.1. The molecule has 2 rings (SSSR count). The van der Waals surface area contributed by atoms with Crippen LogP contribution >= 0.6 is 0 Å². The van der Waals surface area contributed by atoms with E-state index in [9.17, 15) is 9.59 Å². The summed E-state index contributed by atoms with van der Waals surface area (Å²) in [6, 6.07) is 16.0. The van der Waals surface area contributed by atoms with E-state index in [0.717, 1.165) is 5.56 Å². The molecule has 0 bridgehead atoms. The Kier molecular flexibility index (Phi) is 5.94. The van der Waals surface area contributed by atoms with Crippen molar-refractivity contribution in [3.05, 3.63) is 71.8 Å². The van der Waals surface area contributed by atoms with Gasteiger partial charge in [-0.25, -0.2) is 9.59 Å². The maximum absolute atomic E-state index is 12.0. The summed E-state index contributed by atoms with van der Waals surface area (Å²) in [4.78, 5) is 22.5. The first kappa shape index (κ1) is 16.3. The second-order valence-corrected chi connectivity index (χ2v) is 4.69. The van der Waals surface area contributed by atoms with E-state index in [0.29, 0.717) is 11.3 Å². The lowest BCUT2D eigenvalue weighted by molar-refractivity contribution is -0.151. The van der Waals surface area contributed by atoms with Crippen LogP contribution in [0.1, 0.15) is 17.2 Å². The number of hydrogen-bond donors (Lipinski definition) is 1. The lowest BCUT2D eigenvalue weighted by Gasteiger charge is -2.13. The van der Waals surface area contributed by atoms with E-state index in [2.05, 4.69) is 0 Å². The zero-order chi connectivity index (χ0) is 16.5. The van der Waals surface area contributed by atoms with Gasteiger partial charge < -0.3 is 15.2 Å². The molecule has 0 spiro atoms. The number of nitrogen functional groups attached to an aromatic ring is 1. The van der Waals surface area contributed by atoms with Crippen LogP contribution in [0.2, 0.25) is 0 Å². The van der Waals surface area contributed by atoms with Crippen molar-refractivity contribution in [1.29, 1.82) is 0 Å². The summed E-state index contributed by atoms with van der Waals surface area (Å²) in [7, 11) is 0. The fraction of sp³-hybridized carbons (Fsp3) is 0.111. The van der Waals surface area contributed by atoms with E-state index in [4.69, 9.17) is 15.2 Å². The van der Waals surface area contributed by atoms with E-state index in [1.807, 2.05) is 36.4 Å². The minimum atomic E-state index is -1.15. The van der Waals surface area contributed by atoms with Crippen molar-refractivity contribution in [2.75, 3.05) is 12.3 Å². The molecule has 0 amide bonds. The van der Waals surface area contributed by atoms with Gasteiger partial charge in [-0.15, -0.1) is 0 Å². The molecule has 2 N–H and O–H groups in total. The fourth-order valence-corrected chi connectivity index (χ4v) is 1.93. The highest BCUT2D eigenvalue weighted by Crippen LogP contribution is 2.19. The predicted molar refractivity (Wildman–Crippen MR) is 86.8 cm³/mol. The second kappa shape index (κ2) is 8.38. The van der Waals surface area contributed by atoms with Crippen LogP contribution in [0, 0.1) is 0 Å². The van der Waals surface area contributed by atoms with Gasteiger partial charge in [0.15, 0.2) is 0 Å². The van der Waals surface area contributed by atoms with E-state index < -0.39 is 12.1 Å². The first-order valence-corrected chi connectivity index (χ1v) is 6.97. The van der Waals surface area contributed by atoms with Crippen LogP contribution in [-0.2, 0) is 19.1 Å². The molecule has 0 saturated carbocycles. The number of carbonyl (C=O) groups excluding carboxylic acids is 2. The molecular weight excluding hydrogens is 294 g/mol. The van der Waals surface area contributed by atoms with E-state index >= 15 is 0 Å². The summed E-state index contributed by atoms with van der Waals surface area (Å²) in [6.07, 6.45) is 2.38. The molecule has 0 aliphatic rings. The zero-order valence-corrected chi connectivity index (χ0v) is 12.3. The Bertz CT molecular complexity index is 665. The van der Waals surface area contributed by atoms with Crippen LogP contribution in [0.3, 0.4) is 0 Å². The number of ether oxygens (including phenoxy) is 2. The van der Waals surface area contributed by atoms with E-state index in [-0.39, 0.29) is 6.61 Å². The third-order valence-electron chi connectivity index (χ3n) is 3.05. The van der Waals surface area contributed by atoms with Crippen molar-refractivity contribution in [3.8, 4) is 0 Å². The quantitative estimate of drug-likeness (QED) is 0.628. The molecule has 2 aromatic carbocycles. The number of benzene rings is 2. The van der Waals surface area contributed by atoms with Crippen LogP contribution in [0.5, 0.6) is 0 Å². The number of nitrogens with two attached hydrogens (primary N) is 1. The Balaban J connectivity index is 1.94. The molecule has 0 aliphatic heterocycles. The van der Waals surface area contributed by atoms with Gasteiger partial charge in [-0.05, 0) is 23.8 Å². The molecule has 0 saturated heterocycles. The first-order valence-electron chi connectivity index (χ1n) is 6.97. The van der Waals surface area contributed by atoms with Crippen molar-refractivity contribution in [1.82, 2.24) is 0 Å². The number of rotatable bonds is 7. The maximum atomic E-state index is 12.0. The average Bonchev–Trinajstić information content (AvgIpc) is 2.58. The largest absolute Gasteiger partial charge is 0.458 e. The molecule has 5 heteroatoms. The van der Waals surface area contributed by atoms with Crippen LogP contribution in [0.25, 0.3) is 6.08 Å². The summed E-state index contributed by atoms with van der Waals surface area (Å²) in [6.45, 7) is 1.35. The van der Waals surface area contributed by atoms with Crippen molar-refractivity contribution in [3.63, 3.8) is 0 Å². The summed E-state index contributed by atoms with van der Waals surface area (Å²) in [5.41, 5.74) is 7.60. The van der Waals surface area contributed by atoms with Gasteiger partial charge in [-0.2, -0.15) is 0 Å². The monoisotopic (exact) mass is 310 g/mol. The molecule has 23 heavy (non-hydrogen) atoms. The van der Waals surface area contributed by atoms with Gasteiger partial charge in [0.25, 0.3) is 0 Å². The molecule has 0 fully saturated rings. The van der Waals surface area contributed by atoms with Crippen molar-refractivity contribution < 1.29 is 19.1 Å². The van der Waals surface area contributed by atoms with Gasteiger partial charge >= 0.3 is 12.4 Å². The van der Waals surface area contributed by atoms with Crippen molar-refractivity contribution in [2.45, 2.75) is 6.10 Å². The Morgan fingerprint density at radius 1 is 1.13 bits per heavy atom. The summed E-state index contributed by atoms with van der Waals surface area (Å²) < 4.78 is 9.80. The summed E-state index contributed by atoms with van der Waals surface area (Å²) in [5.74, 6) is -0.671. The highest BCUT2D eigenvalue weighted by Gasteiger charge is 2.23. The van der Waals surface area contributed by atoms with Crippen LogP contribution in [0.4, 0.5) is 5.69 Å². The predicted octanol–water partition coefficient (Wildman–Crippen LogP) is 2.65. The molecule has 0 aliphatic carbocycles. The molecule has 117 valence electrons. The number of carbonyl (C=O) groups is 1. The Labute approximate surface area is 134 Å². The molecule has 1 radical (unpaired) electrons. The van der Waals surface area contributed by atoms with Gasteiger partial charge in [0.05, 0.1) is 0 Å². The van der Waals surface area contributed by atoms with E-state index in [1.165, 1.54) is 6.47 Å². The Morgan fingerprint density at radius 2 is 1.83 bits per heavy atom. The smallest absolute Gasteiger partial charge is 0.418 e. The number of hydrogen-bond acceptors (Lipinski definition) is 5. The average molecular weight is 310 g/mol. The van der Waals surface area contributed by atoms with E-state index in [1.54, 1.807) is 30.3 Å². The van der Waals surface area contributed by atoms with Crippen LogP contribution < -0.4 is 5.73 Å². The molecule has 0 aromatic heterocycles. The second-order valence-electron chi connectivity index (χ2n) is 4.69. The number of esters is 1. The first-order chi connectivity index (χ1) is 11.2. The van der Waals surface area contributed by atoms with Crippen molar-refractivity contribution >= 4 is 24.2 Å². The van der Waals surface area contributed by atoms with Gasteiger partial charge in [-0.1, -0.05) is 48.5 Å². The van der Waals surface area contributed by atoms with Crippen LogP contribution in [0.15, 0.2) is 60.7 Å². The molecule has 2 aromatic rings. The lowest BCUT2D eigenvalue weighted by Crippen LogP contribution is -2.18. The maximum Gasteiger partial charge on any atom is 0.418 e. The number of anilines is 1. The normalized spacial score (nSPS) is 11.8. The third-order valence-corrected chi connectivity index (χ3v) is 3.05. The fourth-order valence-electron chi connectivity index (χ4n) is 1.93. The topological polar surface area (TPSA) is 78.6 Å². The van der Waals surface area contributed by atoms with Gasteiger partial charge in [0.2, 0.25) is 6.10 Å². The standard InChI is InChI=1S/C18H16NO4/c19-16-10-8-15(9-11-16)17(23-13-20)18(21)22-12-4-7-14-5-2-1-3-6-14/h1-11,17H,12,19H2. The van der Waals surface area contributed by atoms with Gasteiger partial charge in [0.1, 0.15) is 6.61 Å². The highest BCUT2D eigenvalue weighted by atomic mass is 16.6. The molecular formula is C18H16NO4. The van der Waals surface area contributed by atoms with Gasteiger partial charge in [0, 0.05) is 11.3 Å². The SMILES string of the molecule is Nc1ccc(C(O[C]=O)C(=O)OCC=Cc2ccccc2)cc1. The zero-order valence-electron chi connectivity index (χ0n) is 12.3. The third kappa shape index (κ3) is 5.00. The molecule has 5 nitrogen and oxygen atoms in total. The minimum absolute atomic E-state index is 0.0709. The van der Waals surface area contributed by atoms with Crippen LogP contribution in [-0.4, -0.2) is 19.0 Å². The Hall–Kier alpha value is -3.08. The Morgan fingerprint density at radius 3 is 2.48 bits per heavy atom.